The Hall–Kier alpha value is -2.44. The first-order chi connectivity index (χ1) is 8.65. The summed E-state index contributed by atoms with van der Waals surface area (Å²) in [5, 5.41) is 16.0. The first kappa shape index (κ1) is 12.0. The maximum absolute atomic E-state index is 10.7. The summed E-state index contributed by atoms with van der Waals surface area (Å²) in [6, 6.07) is 4.82. The highest BCUT2D eigenvalue weighted by atomic mass is 16.4. The normalized spacial score (nSPS) is 10.3. The van der Waals surface area contributed by atoms with Crippen molar-refractivity contribution < 1.29 is 9.90 Å². The molecule has 94 valence electrons. The number of rotatable bonds is 5. The molecule has 0 unspecified atom stereocenters. The van der Waals surface area contributed by atoms with Crippen molar-refractivity contribution in [3.8, 4) is 0 Å². The summed E-state index contributed by atoms with van der Waals surface area (Å²) >= 11 is 0. The van der Waals surface area contributed by atoms with E-state index in [1.807, 2.05) is 7.05 Å². The van der Waals surface area contributed by atoms with Crippen LogP contribution in [-0.2, 0) is 13.5 Å². The molecule has 0 radical (unpaired) electrons. The molecule has 0 spiro atoms. The van der Waals surface area contributed by atoms with Gasteiger partial charge in [-0.15, -0.1) is 0 Å². The van der Waals surface area contributed by atoms with E-state index in [0.717, 1.165) is 5.82 Å². The molecule has 0 aliphatic rings. The Bertz CT molecular complexity index is 552. The minimum atomic E-state index is -1.04. The minimum Gasteiger partial charge on any atom is -0.477 e. The van der Waals surface area contributed by atoms with E-state index in [1.54, 1.807) is 23.1 Å². The van der Waals surface area contributed by atoms with Crippen molar-refractivity contribution in [2.45, 2.75) is 6.42 Å². The van der Waals surface area contributed by atoms with Crippen LogP contribution >= 0.6 is 0 Å². The van der Waals surface area contributed by atoms with Gasteiger partial charge < -0.3 is 10.4 Å². The lowest BCUT2D eigenvalue weighted by atomic mass is 10.3. The van der Waals surface area contributed by atoms with Crippen molar-refractivity contribution >= 4 is 11.8 Å². The van der Waals surface area contributed by atoms with E-state index in [1.165, 1.54) is 6.07 Å². The monoisotopic (exact) mass is 247 g/mol. The van der Waals surface area contributed by atoms with Gasteiger partial charge in [0.1, 0.15) is 12.1 Å². The van der Waals surface area contributed by atoms with E-state index >= 15 is 0 Å². The van der Waals surface area contributed by atoms with Crippen LogP contribution in [0.5, 0.6) is 0 Å². The Labute approximate surface area is 104 Å². The Morgan fingerprint density at radius 1 is 1.50 bits per heavy atom. The average molecular weight is 247 g/mol. The number of aryl methyl sites for hydroxylation is 1. The molecule has 0 amide bonds. The van der Waals surface area contributed by atoms with Crippen LogP contribution in [0, 0.1) is 0 Å². The van der Waals surface area contributed by atoms with E-state index in [2.05, 4.69) is 20.4 Å². The molecule has 0 aromatic carbocycles. The average Bonchev–Trinajstić information content (AvgIpc) is 2.75. The molecule has 0 atom stereocenters. The van der Waals surface area contributed by atoms with E-state index < -0.39 is 5.97 Å². The van der Waals surface area contributed by atoms with Gasteiger partial charge in [0.05, 0.1) is 0 Å². The maximum atomic E-state index is 10.7. The molecule has 7 nitrogen and oxygen atoms in total. The number of hydrogen-bond donors (Lipinski definition) is 2. The van der Waals surface area contributed by atoms with Crippen LogP contribution in [0.1, 0.15) is 16.3 Å². The molecule has 0 saturated heterocycles. The van der Waals surface area contributed by atoms with Crippen LogP contribution in [0.4, 0.5) is 5.82 Å². The molecule has 0 aliphatic carbocycles. The molecule has 2 N–H and O–H groups in total. The number of anilines is 1. The van der Waals surface area contributed by atoms with Crippen molar-refractivity contribution in [1.29, 1.82) is 0 Å². The number of carboxylic acids is 1. The quantitative estimate of drug-likeness (QED) is 0.802. The minimum absolute atomic E-state index is 0.0240. The zero-order valence-electron chi connectivity index (χ0n) is 9.87. The zero-order valence-corrected chi connectivity index (χ0v) is 9.87. The van der Waals surface area contributed by atoms with E-state index in [-0.39, 0.29) is 5.69 Å². The van der Waals surface area contributed by atoms with Gasteiger partial charge in [-0.2, -0.15) is 5.10 Å². The lowest BCUT2D eigenvalue weighted by Crippen LogP contribution is -2.09. The summed E-state index contributed by atoms with van der Waals surface area (Å²) in [7, 11) is 1.81. The van der Waals surface area contributed by atoms with Crippen LogP contribution in [0.25, 0.3) is 0 Å². The lowest BCUT2D eigenvalue weighted by Gasteiger charge is -2.04. The molecule has 2 aromatic rings. The second kappa shape index (κ2) is 5.26. The third-order valence-corrected chi connectivity index (χ3v) is 2.27. The third kappa shape index (κ3) is 3.03. The Kier molecular flexibility index (Phi) is 3.52. The van der Waals surface area contributed by atoms with E-state index in [0.29, 0.717) is 18.8 Å². The number of carboxylic acid groups (broad SMARTS) is 1. The molecule has 0 fully saturated rings. The number of hydrogen-bond acceptors (Lipinski definition) is 5. The molecule has 0 aliphatic heterocycles. The number of pyridine rings is 1. The van der Waals surface area contributed by atoms with E-state index in [4.69, 9.17) is 5.11 Å². The Balaban J connectivity index is 1.90. The summed E-state index contributed by atoms with van der Waals surface area (Å²) in [5.41, 5.74) is 0.0240. The molecule has 18 heavy (non-hydrogen) atoms. The molecule has 2 heterocycles. The highest BCUT2D eigenvalue weighted by Gasteiger charge is 2.05. The smallest absolute Gasteiger partial charge is 0.354 e. The van der Waals surface area contributed by atoms with Crippen LogP contribution < -0.4 is 5.32 Å². The van der Waals surface area contributed by atoms with Gasteiger partial charge in [-0.05, 0) is 12.1 Å². The second-order valence-electron chi connectivity index (χ2n) is 3.72. The SMILES string of the molecule is Cn1cnc(CCNc2cccc(C(=O)O)n2)n1. The first-order valence-electron chi connectivity index (χ1n) is 5.44. The summed E-state index contributed by atoms with van der Waals surface area (Å²) in [5.74, 6) is 0.232. The van der Waals surface area contributed by atoms with Gasteiger partial charge in [-0.25, -0.2) is 14.8 Å². The highest BCUT2D eigenvalue weighted by Crippen LogP contribution is 2.04. The van der Waals surface area contributed by atoms with Crippen molar-refractivity contribution in [3.05, 3.63) is 36.0 Å². The number of nitrogens with zero attached hydrogens (tertiary/aromatic N) is 4. The highest BCUT2D eigenvalue weighted by molar-refractivity contribution is 5.85. The summed E-state index contributed by atoms with van der Waals surface area (Å²) < 4.78 is 1.64. The van der Waals surface area contributed by atoms with Crippen molar-refractivity contribution in [2.75, 3.05) is 11.9 Å². The van der Waals surface area contributed by atoms with Gasteiger partial charge in [0, 0.05) is 20.0 Å². The topological polar surface area (TPSA) is 92.9 Å². The van der Waals surface area contributed by atoms with Gasteiger partial charge in [0.25, 0.3) is 0 Å². The van der Waals surface area contributed by atoms with Crippen LogP contribution in [-0.4, -0.2) is 37.4 Å². The second-order valence-corrected chi connectivity index (χ2v) is 3.72. The van der Waals surface area contributed by atoms with Crippen molar-refractivity contribution in [1.82, 2.24) is 19.7 Å². The fraction of sp³-hybridized carbons (Fsp3) is 0.273. The molecule has 7 heteroatoms. The molecule has 2 rings (SSSR count). The third-order valence-electron chi connectivity index (χ3n) is 2.27. The predicted molar refractivity (Wildman–Crippen MR) is 64.4 cm³/mol. The fourth-order valence-electron chi connectivity index (χ4n) is 1.45. The maximum Gasteiger partial charge on any atom is 0.354 e. The summed E-state index contributed by atoms with van der Waals surface area (Å²) in [6.07, 6.45) is 2.29. The largest absolute Gasteiger partial charge is 0.477 e. The number of nitrogens with one attached hydrogen (secondary N) is 1. The number of carbonyl (C=O) groups is 1. The number of aromatic carboxylic acids is 1. The van der Waals surface area contributed by atoms with E-state index in [9.17, 15) is 4.79 Å². The first-order valence-corrected chi connectivity index (χ1v) is 5.44. The standard InChI is InChI=1S/C11H13N5O2/c1-16-7-13-10(15-16)5-6-12-9-4-2-3-8(14-9)11(17)18/h2-4,7H,5-6H2,1H3,(H,12,14)(H,17,18). The van der Waals surface area contributed by atoms with Crippen molar-refractivity contribution in [2.24, 2.45) is 7.05 Å². The Morgan fingerprint density at radius 3 is 3.00 bits per heavy atom. The van der Waals surface area contributed by atoms with Gasteiger partial charge in [-0.3, -0.25) is 4.68 Å². The van der Waals surface area contributed by atoms with Crippen LogP contribution in [0.15, 0.2) is 24.5 Å². The molecule has 0 saturated carbocycles. The van der Waals surface area contributed by atoms with Gasteiger partial charge in [-0.1, -0.05) is 6.07 Å². The molecular weight excluding hydrogens is 234 g/mol. The van der Waals surface area contributed by atoms with Gasteiger partial charge in [0.2, 0.25) is 0 Å². The molecule has 2 aromatic heterocycles. The summed E-state index contributed by atoms with van der Waals surface area (Å²) in [6.45, 7) is 0.597. The Morgan fingerprint density at radius 2 is 2.33 bits per heavy atom. The fourth-order valence-corrected chi connectivity index (χ4v) is 1.45. The van der Waals surface area contributed by atoms with Crippen molar-refractivity contribution in [3.63, 3.8) is 0 Å². The van der Waals surface area contributed by atoms with Crippen LogP contribution in [0.2, 0.25) is 0 Å². The van der Waals surface area contributed by atoms with Gasteiger partial charge >= 0.3 is 5.97 Å². The van der Waals surface area contributed by atoms with Crippen LogP contribution in [0.3, 0.4) is 0 Å². The van der Waals surface area contributed by atoms with Gasteiger partial charge in [0.15, 0.2) is 11.5 Å². The number of aromatic nitrogens is 4. The lowest BCUT2D eigenvalue weighted by molar-refractivity contribution is 0.0690. The summed E-state index contributed by atoms with van der Waals surface area (Å²) in [4.78, 5) is 18.8. The zero-order chi connectivity index (χ0) is 13.0. The molecule has 0 bridgehead atoms. The predicted octanol–water partition coefficient (Wildman–Crippen LogP) is 0.563. The molecular formula is C11H13N5O2.